The van der Waals surface area contributed by atoms with Crippen LogP contribution in [0.25, 0.3) is 0 Å². The summed E-state index contributed by atoms with van der Waals surface area (Å²) < 4.78 is 32.7. The van der Waals surface area contributed by atoms with Gasteiger partial charge in [-0.25, -0.2) is 8.78 Å². The molecular formula is C14H16F2O2. The summed E-state index contributed by atoms with van der Waals surface area (Å²) in [6.45, 7) is 0. The van der Waals surface area contributed by atoms with Crippen molar-refractivity contribution in [1.82, 2.24) is 0 Å². The fourth-order valence-electron chi connectivity index (χ4n) is 3.17. The SMILES string of the molecule is OC(Cc1c(F)cccc1F)C1CC2CCC1O2. The van der Waals surface area contributed by atoms with Crippen LogP contribution in [0.3, 0.4) is 0 Å². The molecule has 2 aliphatic rings. The number of halogens is 2. The van der Waals surface area contributed by atoms with Gasteiger partial charge in [0.05, 0.1) is 18.3 Å². The number of aliphatic hydroxyl groups excluding tert-OH is 1. The lowest BCUT2D eigenvalue weighted by molar-refractivity contribution is 0.0424. The van der Waals surface area contributed by atoms with Crippen molar-refractivity contribution < 1.29 is 18.6 Å². The molecule has 2 aliphatic heterocycles. The highest BCUT2D eigenvalue weighted by Gasteiger charge is 2.44. The van der Waals surface area contributed by atoms with Gasteiger partial charge in [0.2, 0.25) is 0 Å². The third kappa shape index (κ3) is 2.04. The van der Waals surface area contributed by atoms with Gasteiger partial charge in [0, 0.05) is 17.9 Å². The maximum absolute atomic E-state index is 13.5. The zero-order valence-corrected chi connectivity index (χ0v) is 9.98. The van der Waals surface area contributed by atoms with E-state index in [4.69, 9.17) is 4.74 Å². The Hall–Kier alpha value is -1.00. The Kier molecular flexibility index (Phi) is 3.08. The molecule has 2 saturated heterocycles. The average molecular weight is 254 g/mol. The lowest BCUT2D eigenvalue weighted by atomic mass is 9.83. The molecule has 2 nitrogen and oxygen atoms in total. The Balaban J connectivity index is 1.73. The van der Waals surface area contributed by atoms with E-state index in [-0.39, 0.29) is 30.1 Å². The fraction of sp³-hybridized carbons (Fsp3) is 0.571. The van der Waals surface area contributed by atoms with Gasteiger partial charge in [-0.1, -0.05) is 6.07 Å². The van der Waals surface area contributed by atoms with Gasteiger partial charge in [-0.15, -0.1) is 0 Å². The van der Waals surface area contributed by atoms with Crippen LogP contribution in [0.4, 0.5) is 8.78 Å². The number of hydrogen-bond acceptors (Lipinski definition) is 2. The lowest BCUT2D eigenvalue weighted by Crippen LogP contribution is -2.31. The molecule has 1 aromatic rings. The third-order valence-electron chi connectivity index (χ3n) is 4.12. The summed E-state index contributed by atoms with van der Waals surface area (Å²) in [4.78, 5) is 0. The summed E-state index contributed by atoms with van der Waals surface area (Å²) in [6.07, 6.45) is 2.40. The molecule has 98 valence electrons. The molecule has 4 unspecified atom stereocenters. The first-order valence-electron chi connectivity index (χ1n) is 6.41. The quantitative estimate of drug-likeness (QED) is 0.897. The van der Waals surface area contributed by atoms with E-state index in [2.05, 4.69) is 0 Å². The zero-order valence-electron chi connectivity index (χ0n) is 9.98. The highest BCUT2D eigenvalue weighted by atomic mass is 19.1. The topological polar surface area (TPSA) is 29.5 Å². The number of benzene rings is 1. The third-order valence-corrected chi connectivity index (χ3v) is 4.12. The second-order valence-electron chi connectivity index (χ2n) is 5.25. The summed E-state index contributed by atoms with van der Waals surface area (Å²) >= 11 is 0. The Labute approximate surface area is 105 Å². The van der Waals surface area contributed by atoms with Gasteiger partial charge in [0.1, 0.15) is 11.6 Å². The zero-order chi connectivity index (χ0) is 12.7. The maximum atomic E-state index is 13.5. The molecule has 1 aromatic carbocycles. The minimum absolute atomic E-state index is 0.0164. The van der Waals surface area contributed by atoms with E-state index < -0.39 is 17.7 Å². The molecule has 4 heteroatoms. The highest BCUT2D eigenvalue weighted by Crippen LogP contribution is 2.41. The lowest BCUT2D eigenvalue weighted by Gasteiger charge is -2.24. The van der Waals surface area contributed by atoms with Crippen LogP contribution in [0, 0.1) is 17.6 Å². The molecule has 0 amide bonds. The van der Waals surface area contributed by atoms with Crippen LogP contribution in [0.15, 0.2) is 18.2 Å². The Bertz CT molecular complexity index is 429. The van der Waals surface area contributed by atoms with Crippen molar-refractivity contribution in [2.75, 3.05) is 0 Å². The van der Waals surface area contributed by atoms with E-state index in [0.29, 0.717) is 0 Å². The summed E-state index contributed by atoms with van der Waals surface area (Å²) in [5.41, 5.74) is -0.0206. The monoisotopic (exact) mass is 254 g/mol. The molecule has 0 aliphatic carbocycles. The van der Waals surface area contributed by atoms with Gasteiger partial charge in [-0.05, 0) is 31.4 Å². The summed E-state index contributed by atoms with van der Waals surface area (Å²) in [5, 5.41) is 10.2. The number of hydrogen-bond donors (Lipinski definition) is 1. The fourth-order valence-corrected chi connectivity index (χ4v) is 3.17. The highest BCUT2D eigenvalue weighted by molar-refractivity contribution is 5.20. The van der Waals surface area contributed by atoms with Gasteiger partial charge < -0.3 is 9.84 Å². The van der Waals surface area contributed by atoms with E-state index in [1.54, 1.807) is 0 Å². The van der Waals surface area contributed by atoms with Crippen LogP contribution in [0.5, 0.6) is 0 Å². The van der Waals surface area contributed by atoms with E-state index in [0.717, 1.165) is 19.3 Å². The van der Waals surface area contributed by atoms with Crippen molar-refractivity contribution in [2.45, 2.75) is 44.0 Å². The normalized spacial score (nSPS) is 31.8. The van der Waals surface area contributed by atoms with E-state index in [1.165, 1.54) is 18.2 Å². The maximum Gasteiger partial charge on any atom is 0.129 e. The predicted molar refractivity (Wildman–Crippen MR) is 62.1 cm³/mol. The van der Waals surface area contributed by atoms with Crippen LogP contribution in [0.1, 0.15) is 24.8 Å². The molecule has 2 heterocycles. The average Bonchev–Trinajstić information content (AvgIpc) is 2.96. The van der Waals surface area contributed by atoms with Gasteiger partial charge in [-0.2, -0.15) is 0 Å². The molecule has 18 heavy (non-hydrogen) atoms. The first-order chi connectivity index (χ1) is 8.65. The molecule has 0 spiro atoms. The van der Waals surface area contributed by atoms with Crippen molar-refractivity contribution in [3.8, 4) is 0 Å². The first-order valence-corrected chi connectivity index (χ1v) is 6.41. The Morgan fingerprint density at radius 2 is 2.00 bits per heavy atom. The van der Waals surface area contributed by atoms with Crippen LogP contribution >= 0.6 is 0 Å². The predicted octanol–water partition coefficient (Wildman–Crippen LogP) is 2.44. The largest absolute Gasteiger partial charge is 0.392 e. The smallest absolute Gasteiger partial charge is 0.129 e. The van der Waals surface area contributed by atoms with E-state index in [9.17, 15) is 13.9 Å². The van der Waals surface area contributed by atoms with Crippen LogP contribution in [-0.2, 0) is 11.2 Å². The standard InChI is InChI=1S/C14H16F2O2/c15-11-2-1-3-12(16)9(11)7-13(17)10-6-8-4-5-14(10)18-8/h1-3,8,10,13-14,17H,4-7H2. The molecule has 0 radical (unpaired) electrons. The molecule has 3 rings (SSSR count). The summed E-state index contributed by atoms with van der Waals surface area (Å²) in [6, 6.07) is 3.78. The van der Waals surface area contributed by atoms with Gasteiger partial charge in [0.15, 0.2) is 0 Å². The van der Waals surface area contributed by atoms with Crippen LogP contribution in [0.2, 0.25) is 0 Å². The first kappa shape index (κ1) is 12.1. The summed E-state index contributed by atoms with van der Waals surface area (Å²) in [7, 11) is 0. The minimum atomic E-state index is -0.730. The molecule has 0 saturated carbocycles. The van der Waals surface area contributed by atoms with Crippen molar-refractivity contribution in [3.63, 3.8) is 0 Å². The van der Waals surface area contributed by atoms with Crippen LogP contribution < -0.4 is 0 Å². The van der Waals surface area contributed by atoms with Gasteiger partial charge in [-0.3, -0.25) is 0 Å². The molecule has 2 fully saturated rings. The van der Waals surface area contributed by atoms with Gasteiger partial charge in [0.25, 0.3) is 0 Å². The number of ether oxygens (including phenoxy) is 1. The number of aliphatic hydroxyl groups is 1. The molecule has 0 aromatic heterocycles. The van der Waals surface area contributed by atoms with Crippen molar-refractivity contribution in [2.24, 2.45) is 5.92 Å². The Morgan fingerprint density at radius 3 is 2.56 bits per heavy atom. The molecule has 4 atom stereocenters. The Morgan fingerprint density at radius 1 is 1.28 bits per heavy atom. The second kappa shape index (κ2) is 4.59. The summed E-state index contributed by atoms with van der Waals surface area (Å²) in [5.74, 6) is -1.15. The molecule has 2 bridgehead atoms. The number of fused-ring (bicyclic) bond motifs is 2. The second-order valence-corrected chi connectivity index (χ2v) is 5.25. The number of rotatable bonds is 3. The van der Waals surface area contributed by atoms with E-state index >= 15 is 0 Å². The van der Waals surface area contributed by atoms with Crippen molar-refractivity contribution in [3.05, 3.63) is 35.4 Å². The van der Waals surface area contributed by atoms with E-state index in [1.807, 2.05) is 0 Å². The van der Waals surface area contributed by atoms with Gasteiger partial charge >= 0.3 is 0 Å². The molecule has 1 N–H and O–H groups in total. The van der Waals surface area contributed by atoms with Crippen molar-refractivity contribution in [1.29, 1.82) is 0 Å². The minimum Gasteiger partial charge on any atom is -0.392 e. The van der Waals surface area contributed by atoms with Crippen LogP contribution in [-0.4, -0.2) is 23.4 Å². The molecular weight excluding hydrogens is 238 g/mol. The van der Waals surface area contributed by atoms with Crippen molar-refractivity contribution >= 4 is 0 Å².